The second kappa shape index (κ2) is 6.94. The van der Waals surface area contributed by atoms with Gasteiger partial charge in [-0.25, -0.2) is 8.42 Å². The fourth-order valence-electron chi connectivity index (χ4n) is 4.83. The first-order valence-electron chi connectivity index (χ1n) is 9.63. The highest BCUT2D eigenvalue weighted by atomic mass is 32.2. The number of amides is 1. The van der Waals surface area contributed by atoms with Gasteiger partial charge in [0.25, 0.3) is 5.91 Å². The zero-order valence-electron chi connectivity index (χ0n) is 15.1. The number of H-pyrrole nitrogens is 1. The van der Waals surface area contributed by atoms with Gasteiger partial charge in [-0.05, 0) is 44.1 Å². The minimum atomic E-state index is -3.99. The third-order valence-electron chi connectivity index (χ3n) is 6.17. The van der Waals surface area contributed by atoms with Gasteiger partial charge in [-0.1, -0.05) is 12.8 Å². The molecule has 8 nitrogen and oxygen atoms in total. The van der Waals surface area contributed by atoms with Crippen LogP contribution in [0, 0.1) is 5.92 Å². The topological polar surface area (TPSA) is 111 Å². The Hall–Kier alpha value is -1.87. The maximum Gasteiger partial charge on any atom is 0.322 e. The zero-order chi connectivity index (χ0) is 19.2. The van der Waals surface area contributed by atoms with Crippen molar-refractivity contribution < 1.29 is 23.1 Å². The summed E-state index contributed by atoms with van der Waals surface area (Å²) >= 11 is 0. The van der Waals surface area contributed by atoms with Gasteiger partial charge < -0.3 is 15.0 Å². The Morgan fingerprint density at radius 1 is 1.11 bits per heavy atom. The number of carbonyl (C=O) groups excluding carboxylic acids is 1. The Kier molecular flexibility index (Phi) is 4.75. The van der Waals surface area contributed by atoms with Gasteiger partial charge in [0.05, 0.1) is 0 Å². The van der Waals surface area contributed by atoms with Gasteiger partial charge in [0.1, 0.15) is 16.6 Å². The van der Waals surface area contributed by atoms with E-state index in [1.165, 1.54) is 16.6 Å². The number of aliphatic carboxylic acids is 1. The number of carbonyl (C=O) groups is 2. The van der Waals surface area contributed by atoms with Crippen molar-refractivity contribution in [2.24, 2.45) is 5.92 Å². The molecule has 3 atom stereocenters. The Labute approximate surface area is 158 Å². The van der Waals surface area contributed by atoms with Crippen LogP contribution in [0.3, 0.4) is 0 Å². The molecular formula is C18H25N3O5S. The first-order chi connectivity index (χ1) is 12.9. The van der Waals surface area contributed by atoms with E-state index in [0.29, 0.717) is 25.9 Å². The Balaban J connectivity index is 1.63. The Bertz CT molecular complexity index is 843. The number of aromatic amines is 1. The lowest BCUT2D eigenvalue weighted by atomic mass is 9.85. The number of carboxylic acids is 1. The molecular weight excluding hydrogens is 370 g/mol. The first kappa shape index (κ1) is 18.5. The van der Waals surface area contributed by atoms with Gasteiger partial charge in [-0.3, -0.25) is 9.59 Å². The van der Waals surface area contributed by atoms with Gasteiger partial charge >= 0.3 is 5.97 Å². The normalized spacial score (nSPS) is 29.0. The predicted molar refractivity (Wildman–Crippen MR) is 96.7 cm³/mol. The van der Waals surface area contributed by atoms with Crippen LogP contribution in [0.25, 0.3) is 0 Å². The lowest BCUT2D eigenvalue weighted by Gasteiger charge is -2.31. The van der Waals surface area contributed by atoms with Gasteiger partial charge in [-0.2, -0.15) is 4.31 Å². The van der Waals surface area contributed by atoms with E-state index in [1.807, 2.05) is 0 Å². The monoisotopic (exact) mass is 395 g/mol. The van der Waals surface area contributed by atoms with Crippen molar-refractivity contribution in [1.82, 2.24) is 14.2 Å². The van der Waals surface area contributed by atoms with E-state index in [-0.39, 0.29) is 28.5 Å². The van der Waals surface area contributed by atoms with Crippen LogP contribution in [-0.4, -0.2) is 64.8 Å². The van der Waals surface area contributed by atoms with E-state index in [9.17, 15) is 23.1 Å². The van der Waals surface area contributed by atoms with Crippen LogP contribution >= 0.6 is 0 Å². The highest BCUT2D eigenvalue weighted by Gasteiger charge is 2.51. The number of hydrogen-bond donors (Lipinski definition) is 2. The number of carboxylic acid groups (broad SMARTS) is 1. The number of fused-ring (bicyclic) bond motifs is 1. The van der Waals surface area contributed by atoms with Crippen molar-refractivity contribution in [3.63, 3.8) is 0 Å². The van der Waals surface area contributed by atoms with Gasteiger partial charge in [-0.15, -0.1) is 0 Å². The van der Waals surface area contributed by atoms with E-state index in [0.717, 1.165) is 32.1 Å². The molecule has 0 radical (unpaired) electrons. The second-order valence-corrected chi connectivity index (χ2v) is 9.63. The molecule has 9 heteroatoms. The van der Waals surface area contributed by atoms with Crippen LogP contribution in [0.4, 0.5) is 0 Å². The standard InChI is InChI=1S/C18H25N3O5S/c22-17(20-7-3-4-8-20)14-10-13(11-19-14)27(25,26)21-15-6-2-1-5-12(15)9-16(21)18(23)24/h10-12,15-16,19H,1-9H2,(H,23,24). The predicted octanol–water partition coefficient (Wildman–Crippen LogP) is 1.66. The molecule has 2 aliphatic heterocycles. The lowest BCUT2D eigenvalue weighted by Crippen LogP contribution is -2.46. The molecule has 0 bridgehead atoms. The van der Waals surface area contributed by atoms with Gasteiger partial charge in [0, 0.05) is 25.3 Å². The van der Waals surface area contributed by atoms with Crippen LogP contribution in [0.15, 0.2) is 17.2 Å². The third-order valence-corrected chi connectivity index (χ3v) is 8.08. The molecule has 3 unspecified atom stereocenters. The summed E-state index contributed by atoms with van der Waals surface area (Å²) in [5.74, 6) is -1.21. The quantitative estimate of drug-likeness (QED) is 0.805. The van der Waals surface area contributed by atoms with E-state index >= 15 is 0 Å². The van der Waals surface area contributed by atoms with Crippen molar-refractivity contribution in [2.45, 2.75) is 61.9 Å². The third kappa shape index (κ3) is 3.16. The largest absolute Gasteiger partial charge is 0.480 e. The number of sulfonamides is 1. The molecule has 3 fully saturated rings. The van der Waals surface area contributed by atoms with Crippen LogP contribution < -0.4 is 0 Å². The molecule has 1 aromatic heterocycles. The van der Waals surface area contributed by atoms with E-state index in [1.54, 1.807) is 4.90 Å². The fraction of sp³-hybridized carbons (Fsp3) is 0.667. The molecule has 3 aliphatic rings. The van der Waals surface area contributed by atoms with Crippen LogP contribution in [0.2, 0.25) is 0 Å². The molecule has 4 rings (SSSR count). The minimum Gasteiger partial charge on any atom is -0.480 e. The molecule has 1 aromatic rings. The van der Waals surface area contributed by atoms with Crippen LogP contribution in [0.1, 0.15) is 55.4 Å². The number of rotatable bonds is 4. The van der Waals surface area contributed by atoms with Crippen molar-refractivity contribution in [1.29, 1.82) is 0 Å². The van der Waals surface area contributed by atoms with Crippen LogP contribution in [-0.2, 0) is 14.8 Å². The summed E-state index contributed by atoms with van der Waals surface area (Å²) in [6.45, 7) is 1.35. The maximum atomic E-state index is 13.3. The molecule has 0 aromatic carbocycles. The summed E-state index contributed by atoms with van der Waals surface area (Å²) in [5.41, 5.74) is 0.238. The molecule has 1 amide bonds. The summed E-state index contributed by atoms with van der Waals surface area (Å²) in [4.78, 5) is 28.7. The maximum absolute atomic E-state index is 13.3. The molecule has 1 saturated carbocycles. The molecule has 2 saturated heterocycles. The molecule has 27 heavy (non-hydrogen) atoms. The second-order valence-electron chi connectivity index (χ2n) is 7.78. The molecule has 2 N–H and O–H groups in total. The summed E-state index contributed by atoms with van der Waals surface area (Å²) < 4.78 is 27.8. The average Bonchev–Trinajstić information content (AvgIpc) is 3.39. The molecule has 3 heterocycles. The van der Waals surface area contributed by atoms with E-state index < -0.39 is 22.0 Å². The first-order valence-corrected chi connectivity index (χ1v) is 11.1. The van der Waals surface area contributed by atoms with E-state index in [2.05, 4.69) is 4.98 Å². The van der Waals surface area contributed by atoms with Gasteiger partial charge in [0.2, 0.25) is 10.0 Å². The number of nitrogens with one attached hydrogen (secondary N) is 1. The molecule has 1 aliphatic carbocycles. The van der Waals surface area contributed by atoms with Crippen molar-refractivity contribution in [3.05, 3.63) is 18.0 Å². The van der Waals surface area contributed by atoms with Crippen molar-refractivity contribution >= 4 is 21.9 Å². The molecule has 0 spiro atoms. The fourth-order valence-corrected chi connectivity index (χ4v) is 6.70. The summed E-state index contributed by atoms with van der Waals surface area (Å²) in [5, 5.41) is 9.60. The summed E-state index contributed by atoms with van der Waals surface area (Å²) in [7, 11) is -3.99. The Morgan fingerprint density at radius 3 is 2.52 bits per heavy atom. The summed E-state index contributed by atoms with van der Waals surface area (Å²) in [6.07, 6.45) is 7.07. The Morgan fingerprint density at radius 2 is 1.81 bits per heavy atom. The number of nitrogens with zero attached hydrogens (tertiary/aromatic N) is 2. The smallest absolute Gasteiger partial charge is 0.322 e. The number of aromatic nitrogens is 1. The van der Waals surface area contributed by atoms with Crippen LogP contribution in [0.5, 0.6) is 0 Å². The average molecular weight is 395 g/mol. The summed E-state index contributed by atoms with van der Waals surface area (Å²) in [6, 6.07) is 0.0543. The zero-order valence-corrected chi connectivity index (χ0v) is 16.0. The van der Waals surface area contributed by atoms with Crippen molar-refractivity contribution in [2.75, 3.05) is 13.1 Å². The lowest BCUT2D eigenvalue weighted by molar-refractivity contribution is -0.141. The van der Waals surface area contributed by atoms with E-state index in [4.69, 9.17) is 0 Å². The SMILES string of the molecule is O=C(O)C1CC2CCCCC2N1S(=O)(=O)c1c[nH]c(C(=O)N2CCCC2)c1. The van der Waals surface area contributed by atoms with Crippen molar-refractivity contribution in [3.8, 4) is 0 Å². The molecule has 148 valence electrons. The minimum absolute atomic E-state index is 0.0254. The highest BCUT2D eigenvalue weighted by Crippen LogP contribution is 2.42. The number of hydrogen-bond acceptors (Lipinski definition) is 4. The highest BCUT2D eigenvalue weighted by molar-refractivity contribution is 7.89. The number of likely N-dealkylation sites (tertiary alicyclic amines) is 1. The van der Waals surface area contributed by atoms with Gasteiger partial charge in [0.15, 0.2) is 0 Å².